The van der Waals surface area contributed by atoms with E-state index in [0.29, 0.717) is 16.1 Å². The van der Waals surface area contributed by atoms with E-state index in [0.717, 1.165) is 43.4 Å². The van der Waals surface area contributed by atoms with Gasteiger partial charge in [-0.15, -0.1) is 11.8 Å². The Balaban J connectivity index is 1.31. The molecule has 2 atom stereocenters. The molecule has 0 spiro atoms. The summed E-state index contributed by atoms with van der Waals surface area (Å²) < 4.78 is 0. The smallest absolute Gasteiger partial charge is 0.194 e. The fourth-order valence-corrected chi connectivity index (χ4v) is 5.56. The molecular weight excluding hydrogens is 472 g/mol. The van der Waals surface area contributed by atoms with Gasteiger partial charge in [0.15, 0.2) is 18.0 Å². The van der Waals surface area contributed by atoms with Crippen LogP contribution in [-0.4, -0.2) is 101 Å². The molecule has 0 bridgehead atoms. The van der Waals surface area contributed by atoms with E-state index in [4.69, 9.17) is 11.6 Å². The van der Waals surface area contributed by atoms with E-state index in [1.165, 1.54) is 4.90 Å². The maximum Gasteiger partial charge on any atom is 0.194 e. The second-order valence-corrected chi connectivity index (χ2v) is 10.2. The predicted octanol–water partition coefficient (Wildman–Crippen LogP) is 3.16. The van der Waals surface area contributed by atoms with Crippen LogP contribution in [0.2, 0.25) is 5.02 Å². The second-order valence-electron chi connectivity index (χ2n) is 8.62. The minimum absolute atomic E-state index is 0.0139. The molecule has 2 heterocycles. The van der Waals surface area contributed by atoms with Gasteiger partial charge in [-0.2, -0.15) is 0 Å². The summed E-state index contributed by atoms with van der Waals surface area (Å²) in [5.74, 6) is 0.947. The highest BCUT2D eigenvalue weighted by atomic mass is 35.5. The van der Waals surface area contributed by atoms with E-state index in [-0.39, 0.29) is 17.8 Å². The summed E-state index contributed by atoms with van der Waals surface area (Å²) in [5, 5.41) is 21.0. The Morgan fingerprint density at radius 2 is 1.79 bits per heavy atom. The number of likely N-dealkylation sites (N-methyl/N-ethyl adjacent to an activating group) is 1. The number of aliphatic hydroxyl groups is 2. The van der Waals surface area contributed by atoms with E-state index >= 15 is 0 Å². The first-order chi connectivity index (χ1) is 16.3. The number of aliphatic hydroxyl groups excluding tert-OH is 2. The van der Waals surface area contributed by atoms with E-state index in [2.05, 4.69) is 9.80 Å². The summed E-state index contributed by atoms with van der Waals surface area (Å²) in [6.07, 6.45) is 0.796. The molecule has 2 aliphatic heterocycles. The molecule has 182 valence electrons. The fraction of sp³-hybridized carbons (Fsp3) is 0.400. The molecule has 7 nitrogen and oxygen atoms in total. The summed E-state index contributed by atoms with van der Waals surface area (Å²) in [6, 6.07) is 14.8. The summed E-state index contributed by atoms with van der Waals surface area (Å²) in [5.41, 5.74) is 1.30. The molecule has 9 heteroatoms. The monoisotopic (exact) mass is 502 g/mol. The van der Waals surface area contributed by atoms with Gasteiger partial charge in [-0.05, 0) is 25.2 Å². The van der Waals surface area contributed by atoms with Gasteiger partial charge in [-0.25, -0.2) is 4.90 Å². The molecular formula is C25H31ClN4O3S. The van der Waals surface area contributed by atoms with Gasteiger partial charge in [-0.3, -0.25) is 14.6 Å². The molecule has 34 heavy (non-hydrogen) atoms. The summed E-state index contributed by atoms with van der Waals surface area (Å²) >= 11 is 7.88. The Morgan fingerprint density at radius 3 is 2.50 bits per heavy atom. The van der Waals surface area contributed by atoms with E-state index in [9.17, 15) is 15.0 Å². The lowest BCUT2D eigenvalue weighted by molar-refractivity contribution is -0.143. The minimum atomic E-state index is -0.850. The second kappa shape index (κ2) is 11.1. The van der Waals surface area contributed by atoms with Crippen LogP contribution >= 0.6 is 23.4 Å². The number of thioether (sulfide) groups is 1. The largest absolute Gasteiger partial charge is 0.495 e. The van der Waals surface area contributed by atoms with Crippen LogP contribution in [0.1, 0.15) is 15.9 Å². The molecule has 0 aliphatic carbocycles. The number of hydrogen-bond donors (Lipinski definition) is 2. The normalized spacial score (nSPS) is 22.6. The van der Waals surface area contributed by atoms with Crippen LogP contribution in [0.15, 0.2) is 65.4 Å². The Hall–Kier alpha value is -2.07. The van der Waals surface area contributed by atoms with Crippen molar-refractivity contribution >= 4 is 29.1 Å². The van der Waals surface area contributed by atoms with E-state index < -0.39 is 6.35 Å². The van der Waals surface area contributed by atoms with Crippen molar-refractivity contribution in [3.63, 3.8) is 0 Å². The predicted molar refractivity (Wildman–Crippen MR) is 136 cm³/mol. The molecule has 0 radical (unpaired) electrons. The van der Waals surface area contributed by atoms with Crippen molar-refractivity contribution in [3.8, 4) is 0 Å². The van der Waals surface area contributed by atoms with Crippen molar-refractivity contribution in [1.82, 2.24) is 19.6 Å². The average Bonchev–Trinajstić information content (AvgIpc) is 2.86. The number of benzene rings is 2. The minimum Gasteiger partial charge on any atom is -0.495 e. The first-order valence-electron chi connectivity index (χ1n) is 11.4. The standard InChI is InChI=1S/C25H31ClN4O3S/c1-27-22(17-23(31)28(2)25(27)33)30-12-10-29(11-13-30)14-15-34-21-9-8-19(26)16-20(21)24(32)18-6-4-3-5-7-18/h3-9,16-17,22,25,31,33H,10-15H2,1-2H3. The van der Waals surface area contributed by atoms with Crippen LogP contribution in [0.3, 0.4) is 0 Å². The maximum atomic E-state index is 13.0. The fourth-order valence-electron chi connectivity index (χ4n) is 4.35. The Bertz CT molecular complexity index is 1030. The first-order valence-corrected chi connectivity index (χ1v) is 12.7. The van der Waals surface area contributed by atoms with E-state index in [1.54, 1.807) is 31.0 Å². The van der Waals surface area contributed by atoms with Gasteiger partial charge < -0.3 is 15.1 Å². The Morgan fingerprint density at radius 1 is 1.09 bits per heavy atom. The van der Waals surface area contributed by atoms with Crippen molar-refractivity contribution in [3.05, 3.63) is 76.6 Å². The van der Waals surface area contributed by atoms with Crippen LogP contribution < -0.4 is 0 Å². The zero-order chi connectivity index (χ0) is 24.2. The van der Waals surface area contributed by atoms with Crippen molar-refractivity contribution in [1.29, 1.82) is 0 Å². The summed E-state index contributed by atoms with van der Waals surface area (Å²) in [6.45, 7) is 4.41. The molecule has 2 aromatic carbocycles. The van der Waals surface area contributed by atoms with Gasteiger partial charge in [0.05, 0.1) is 6.17 Å². The third-order valence-electron chi connectivity index (χ3n) is 6.46. The zero-order valence-corrected chi connectivity index (χ0v) is 21.0. The van der Waals surface area contributed by atoms with Crippen molar-refractivity contribution < 1.29 is 15.0 Å². The number of carbonyl (C=O) groups excluding carboxylic acids is 1. The van der Waals surface area contributed by atoms with Gasteiger partial charge in [-0.1, -0.05) is 41.9 Å². The van der Waals surface area contributed by atoms with E-state index in [1.807, 2.05) is 54.4 Å². The van der Waals surface area contributed by atoms with Crippen molar-refractivity contribution in [2.75, 3.05) is 52.6 Å². The molecule has 1 fully saturated rings. The van der Waals surface area contributed by atoms with Crippen LogP contribution in [-0.2, 0) is 0 Å². The van der Waals surface area contributed by atoms with Crippen LogP contribution in [0.5, 0.6) is 0 Å². The maximum absolute atomic E-state index is 13.0. The number of halogens is 1. The zero-order valence-electron chi connectivity index (χ0n) is 19.5. The number of ketones is 1. The number of carbonyl (C=O) groups is 1. The first kappa shape index (κ1) is 25.0. The van der Waals surface area contributed by atoms with Gasteiger partial charge in [0.2, 0.25) is 0 Å². The highest BCUT2D eigenvalue weighted by Gasteiger charge is 2.34. The number of piperazine rings is 1. The summed E-state index contributed by atoms with van der Waals surface area (Å²) in [4.78, 5) is 21.9. The molecule has 0 amide bonds. The molecule has 0 saturated carbocycles. The molecule has 2 aromatic rings. The molecule has 2 unspecified atom stereocenters. The van der Waals surface area contributed by atoms with Crippen molar-refractivity contribution in [2.45, 2.75) is 17.4 Å². The third-order valence-corrected chi connectivity index (χ3v) is 7.74. The summed E-state index contributed by atoms with van der Waals surface area (Å²) in [7, 11) is 3.52. The Kier molecular flexibility index (Phi) is 8.18. The molecule has 1 saturated heterocycles. The average molecular weight is 503 g/mol. The number of nitrogens with zero attached hydrogens (tertiary/aromatic N) is 4. The lowest BCUT2D eigenvalue weighted by Gasteiger charge is -2.46. The van der Waals surface area contributed by atoms with Crippen LogP contribution in [0.4, 0.5) is 0 Å². The molecule has 0 aromatic heterocycles. The van der Waals surface area contributed by atoms with Gasteiger partial charge in [0.1, 0.15) is 0 Å². The highest BCUT2D eigenvalue weighted by molar-refractivity contribution is 7.99. The lowest BCUT2D eigenvalue weighted by atomic mass is 10.0. The van der Waals surface area contributed by atoms with Gasteiger partial charge >= 0.3 is 0 Å². The molecule has 4 rings (SSSR count). The SMILES string of the molecule is CN1C(O)=CC(N2CCN(CCSc3ccc(Cl)cc3C(=O)c3ccccc3)CC2)N(C)C1O. The number of rotatable bonds is 7. The van der Waals surface area contributed by atoms with Crippen LogP contribution in [0, 0.1) is 0 Å². The van der Waals surface area contributed by atoms with Crippen molar-refractivity contribution in [2.24, 2.45) is 0 Å². The third kappa shape index (κ3) is 5.59. The Labute approximate surface area is 210 Å². The van der Waals surface area contributed by atoms with Gasteiger partial charge in [0.25, 0.3) is 0 Å². The lowest BCUT2D eigenvalue weighted by Crippen LogP contribution is -2.61. The molecule has 2 N–H and O–H groups in total. The van der Waals surface area contributed by atoms with Crippen LogP contribution in [0.25, 0.3) is 0 Å². The van der Waals surface area contributed by atoms with Gasteiger partial charge in [0, 0.05) is 72.6 Å². The quantitative estimate of drug-likeness (QED) is 0.442. The molecule has 2 aliphatic rings. The topological polar surface area (TPSA) is 70.5 Å². The highest BCUT2D eigenvalue weighted by Crippen LogP contribution is 2.28. The number of hydrogen-bond acceptors (Lipinski definition) is 8.